The Morgan fingerprint density at radius 1 is 0.794 bits per heavy atom. The smallest absolute Gasteiger partial charge is 0.257 e. The highest BCUT2D eigenvalue weighted by atomic mass is 32.2. The summed E-state index contributed by atoms with van der Waals surface area (Å²) >= 11 is 0. The van der Waals surface area contributed by atoms with Crippen LogP contribution in [0, 0.1) is 0 Å². The van der Waals surface area contributed by atoms with Gasteiger partial charge in [0.05, 0.1) is 17.0 Å². The fraction of sp³-hybridized carbons (Fsp3) is 0.200. The van der Waals surface area contributed by atoms with E-state index in [0.717, 1.165) is 12.8 Å². The third-order valence-corrected chi connectivity index (χ3v) is 7.36. The molecule has 34 heavy (non-hydrogen) atoms. The van der Waals surface area contributed by atoms with Crippen LogP contribution in [0.5, 0.6) is 0 Å². The van der Waals surface area contributed by atoms with Crippen LogP contribution in [0.1, 0.15) is 23.2 Å². The first kappa shape index (κ1) is 23.5. The van der Waals surface area contributed by atoms with Crippen LogP contribution in [0.15, 0.2) is 83.8 Å². The highest BCUT2D eigenvalue weighted by Gasteiger charge is 2.27. The maximum absolute atomic E-state index is 12.8. The van der Waals surface area contributed by atoms with Crippen LogP contribution in [0.3, 0.4) is 0 Å². The summed E-state index contributed by atoms with van der Waals surface area (Å²) in [4.78, 5) is 25.4. The SMILES string of the molecule is O=C(CNc1ccccc1C(=O)Nc1ccccc1)Nc1cccc(S(=O)(=O)N2CCCC2)c1. The van der Waals surface area contributed by atoms with Crippen molar-refractivity contribution in [2.75, 3.05) is 35.6 Å². The molecule has 9 heteroatoms. The third kappa shape index (κ3) is 5.62. The van der Waals surface area contributed by atoms with Crippen molar-refractivity contribution in [2.45, 2.75) is 17.7 Å². The molecule has 0 saturated carbocycles. The zero-order valence-corrected chi connectivity index (χ0v) is 19.3. The summed E-state index contributed by atoms with van der Waals surface area (Å²) < 4.78 is 27.0. The van der Waals surface area contributed by atoms with Crippen molar-refractivity contribution < 1.29 is 18.0 Å². The molecule has 3 aromatic rings. The van der Waals surface area contributed by atoms with Gasteiger partial charge in [-0.05, 0) is 55.3 Å². The van der Waals surface area contributed by atoms with Crippen molar-refractivity contribution in [2.24, 2.45) is 0 Å². The molecule has 0 atom stereocenters. The number of nitrogens with zero attached hydrogens (tertiary/aromatic N) is 1. The van der Waals surface area contributed by atoms with Gasteiger partial charge in [-0.1, -0.05) is 36.4 Å². The molecule has 0 aromatic heterocycles. The van der Waals surface area contributed by atoms with E-state index in [4.69, 9.17) is 0 Å². The van der Waals surface area contributed by atoms with E-state index >= 15 is 0 Å². The second-order valence-corrected chi connectivity index (χ2v) is 9.84. The molecule has 0 unspecified atom stereocenters. The summed E-state index contributed by atoms with van der Waals surface area (Å²) in [6.07, 6.45) is 1.71. The van der Waals surface area contributed by atoms with Crippen LogP contribution >= 0.6 is 0 Å². The number of carbonyl (C=O) groups is 2. The first-order valence-corrected chi connectivity index (χ1v) is 12.5. The van der Waals surface area contributed by atoms with Gasteiger partial charge in [-0.25, -0.2) is 8.42 Å². The zero-order chi connectivity index (χ0) is 24.0. The summed E-state index contributed by atoms with van der Waals surface area (Å²) in [7, 11) is -3.57. The largest absolute Gasteiger partial charge is 0.376 e. The Bertz CT molecular complexity index is 1270. The van der Waals surface area contributed by atoms with Gasteiger partial charge in [0, 0.05) is 30.2 Å². The van der Waals surface area contributed by atoms with Crippen LogP contribution in [-0.4, -0.2) is 44.2 Å². The molecule has 3 aromatic carbocycles. The molecule has 2 amide bonds. The monoisotopic (exact) mass is 478 g/mol. The summed E-state index contributed by atoms with van der Waals surface area (Å²) in [6, 6.07) is 22.3. The van der Waals surface area contributed by atoms with Crippen molar-refractivity contribution in [1.29, 1.82) is 0 Å². The molecule has 0 aliphatic carbocycles. The van der Waals surface area contributed by atoms with Gasteiger partial charge in [0.25, 0.3) is 5.91 Å². The van der Waals surface area contributed by atoms with Crippen LogP contribution < -0.4 is 16.0 Å². The Labute approximate surface area is 199 Å². The van der Waals surface area contributed by atoms with Crippen molar-refractivity contribution >= 4 is 38.9 Å². The fourth-order valence-corrected chi connectivity index (χ4v) is 5.31. The van der Waals surface area contributed by atoms with E-state index in [1.165, 1.54) is 16.4 Å². The third-order valence-electron chi connectivity index (χ3n) is 5.46. The molecule has 1 fully saturated rings. The minimum atomic E-state index is -3.57. The van der Waals surface area contributed by atoms with Crippen LogP contribution in [0.4, 0.5) is 17.1 Å². The van der Waals surface area contributed by atoms with Crippen molar-refractivity contribution in [1.82, 2.24) is 4.31 Å². The van der Waals surface area contributed by atoms with Crippen LogP contribution in [0.25, 0.3) is 0 Å². The summed E-state index contributed by atoms with van der Waals surface area (Å²) in [5.74, 6) is -0.663. The molecular weight excluding hydrogens is 452 g/mol. The number of anilines is 3. The number of para-hydroxylation sites is 2. The predicted octanol–water partition coefficient (Wildman–Crippen LogP) is 3.77. The second-order valence-electron chi connectivity index (χ2n) is 7.91. The lowest BCUT2D eigenvalue weighted by atomic mass is 10.1. The summed E-state index contributed by atoms with van der Waals surface area (Å²) in [5, 5.41) is 8.54. The number of hydrogen-bond acceptors (Lipinski definition) is 5. The van der Waals surface area contributed by atoms with E-state index < -0.39 is 10.0 Å². The van der Waals surface area contributed by atoms with Gasteiger partial charge in [-0.15, -0.1) is 0 Å². The summed E-state index contributed by atoms with van der Waals surface area (Å²) in [6.45, 7) is 0.929. The van der Waals surface area contributed by atoms with E-state index in [2.05, 4.69) is 16.0 Å². The quantitative estimate of drug-likeness (QED) is 0.457. The van der Waals surface area contributed by atoms with E-state index in [9.17, 15) is 18.0 Å². The second kappa shape index (κ2) is 10.5. The van der Waals surface area contributed by atoms with Gasteiger partial charge in [0.15, 0.2) is 0 Å². The number of sulfonamides is 1. The lowest BCUT2D eigenvalue weighted by Crippen LogP contribution is -2.28. The Morgan fingerprint density at radius 3 is 2.24 bits per heavy atom. The van der Waals surface area contributed by atoms with Crippen LogP contribution in [0.2, 0.25) is 0 Å². The van der Waals surface area contributed by atoms with E-state index in [1.807, 2.05) is 18.2 Å². The molecular formula is C25H26N4O4S. The first-order chi connectivity index (χ1) is 16.4. The van der Waals surface area contributed by atoms with Gasteiger partial charge >= 0.3 is 0 Å². The highest BCUT2D eigenvalue weighted by Crippen LogP contribution is 2.23. The molecule has 0 spiro atoms. The van der Waals surface area contributed by atoms with Gasteiger partial charge in [0.2, 0.25) is 15.9 Å². The average Bonchev–Trinajstić information content (AvgIpc) is 3.40. The predicted molar refractivity (Wildman–Crippen MR) is 132 cm³/mol. The van der Waals surface area contributed by atoms with E-state index in [1.54, 1.807) is 48.5 Å². The molecule has 176 valence electrons. The number of rotatable bonds is 8. The van der Waals surface area contributed by atoms with Gasteiger partial charge < -0.3 is 16.0 Å². The highest BCUT2D eigenvalue weighted by molar-refractivity contribution is 7.89. The number of amides is 2. The van der Waals surface area contributed by atoms with Crippen molar-refractivity contribution in [3.63, 3.8) is 0 Å². The number of carbonyl (C=O) groups excluding carboxylic acids is 2. The van der Waals surface area contributed by atoms with Crippen molar-refractivity contribution in [3.05, 3.63) is 84.4 Å². The molecule has 0 radical (unpaired) electrons. The Morgan fingerprint density at radius 2 is 1.47 bits per heavy atom. The zero-order valence-electron chi connectivity index (χ0n) is 18.5. The maximum atomic E-state index is 12.8. The average molecular weight is 479 g/mol. The molecule has 8 nitrogen and oxygen atoms in total. The molecule has 1 saturated heterocycles. The fourth-order valence-electron chi connectivity index (χ4n) is 3.75. The van der Waals surface area contributed by atoms with Crippen LogP contribution in [-0.2, 0) is 14.8 Å². The molecule has 1 aliphatic heterocycles. The minimum Gasteiger partial charge on any atom is -0.376 e. The first-order valence-electron chi connectivity index (χ1n) is 11.0. The topological polar surface area (TPSA) is 108 Å². The molecule has 3 N–H and O–H groups in total. The number of hydrogen-bond donors (Lipinski definition) is 3. The minimum absolute atomic E-state index is 0.0985. The van der Waals surface area contributed by atoms with Gasteiger partial charge in [-0.3, -0.25) is 9.59 Å². The van der Waals surface area contributed by atoms with Gasteiger partial charge in [-0.2, -0.15) is 4.31 Å². The molecule has 0 bridgehead atoms. The maximum Gasteiger partial charge on any atom is 0.257 e. The molecule has 1 heterocycles. The summed E-state index contributed by atoms with van der Waals surface area (Å²) in [5.41, 5.74) is 1.97. The van der Waals surface area contributed by atoms with E-state index in [0.29, 0.717) is 35.7 Å². The Kier molecular flexibility index (Phi) is 7.24. The number of benzene rings is 3. The Hall–Kier alpha value is -3.69. The molecule has 4 rings (SSSR count). The molecule has 1 aliphatic rings. The van der Waals surface area contributed by atoms with E-state index in [-0.39, 0.29) is 23.3 Å². The normalized spacial score (nSPS) is 13.9. The number of nitrogens with one attached hydrogen (secondary N) is 3. The van der Waals surface area contributed by atoms with Crippen molar-refractivity contribution in [3.8, 4) is 0 Å². The lowest BCUT2D eigenvalue weighted by molar-refractivity contribution is -0.114. The lowest BCUT2D eigenvalue weighted by Gasteiger charge is -2.16. The standard InChI is InChI=1S/C25H26N4O4S/c30-24(27-20-11-8-12-21(17-20)34(32,33)29-15-6-7-16-29)18-26-23-14-5-4-13-22(23)25(31)28-19-9-2-1-3-10-19/h1-5,8-14,17,26H,6-7,15-16,18H2,(H,27,30)(H,28,31). The Balaban J connectivity index is 1.39. The van der Waals surface area contributed by atoms with Gasteiger partial charge in [0.1, 0.15) is 0 Å².